The van der Waals surface area contributed by atoms with E-state index in [4.69, 9.17) is 0 Å². The highest BCUT2D eigenvalue weighted by atomic mass is 32.1. The lowest BCUT2D eigenvalue weighted by molar-refractivity contribution is -0.149. The summed E-state index contributed by atoms with van der Waals surface area (Å²) in [5.74, 6) is 0.152. The second kappa shape index (κ2) is 5.26. The average Bonchev–Trinajstić information content (AvgIpc) is 3.04. The van der Waals surface area contributed by atoms with Gasteiger partial charge in [0.25, 0.3) is 0 Å². The summed E-state index contributed by atoms with van der Waals surface area (Å²) in [5.41, 5.74) is 0.0311. The van der Waals surface area contributed by atoms with E-state index in [-0.39, 0.29) is 17.6 Å². The topological polar surface area (TPSA) is 59.9 Å². The Labute approximate surface area is 134 Å². The van der Waals surface area contributed by atoms with Crippen LogP contribution in [0.5, 0.6) is 0 Å². The fourth-order valence-electron chi connectivity index (χ4n) is 4.35. The lowest BCUT2D eigenvalue weighted by Gasteiger charge is -2.60. The molecule has 120 valence electrons. The van der Waals surface area contributed by atoms with Crippen molar-refractivity contribution in [3.63, 3.8) is 0 Å². The molecule has 1 N–H and O–H groups in total. The molecule has 1 aromatic rings. The van der Waals surface area contributed by atoms with Crippen LogP contribution in [0.1, 0.15) is 18.4 Å². The second-order valence-corrected chi connectivity index (χ2v) is 7.87. The molecule has 3 aliphatic rings. The molecule has 0 aliphatic carbocycles. The highest BCUT2D eigenvalue weighted by molar-refractivity contribution is 7.09. The molecule has 2 atom stereocenters. The van der Waals surface area contributed by atoms with Gasteiger partial charge in [-0.2, -0.15) is 0 Å². The normalized spacial score (nSPS) is 31.3. The number of amides is 1. The van der Waals surface area contributed by atoms with Gasteiger partial charge in [-0.25, -0.2) is 4.98 Å². The van der Waals surface area contributed by atoms with Gasteiger partial charge in [-0.3, -0.25) is 14.6 Å². The average molecular weight is 322 g/mol. The third kappa shape index (κ3) is 2.36. The Kier molecular flexibility index (Phi) is 3.48. The van der Waals surface area contributed by atoms with E-state index in [0.717, 1.165) is 50.7 Å². The number of thiazole rings is 1. The number of β-amino-alcohol motifs (C(OH)–C–C–N with tert-alkyl or cyclic N) is 1. The third-order valence-electron chi connectivity index (χ3n) is 5.24. The molecule has 0 aromatic carbocycles. The molecule has 6 nitrogen and oxygen atoms in total. The molecule has 0 bridgehead atoms. The molecule has 4 rings (SSSR count). The van der Waals surface area contributed by atoms with Crippen molar-refractivity contribution in [2.75, 3.05) is 32.7 Å². The van der Waals surface area contributed by atoms with E-state index >= 15 is 0 Å². The zero-order valence-electron chi connectivity index (χ0n) is 12.8. The summed E-state index contributed by atoms with van der Waals surface area (Å²) in [7, 11) is 0. The maximum Gasteiger partial charge on any atom is 0.219 e. The minimum absolute atomic E-state index is 0.0311. The first-order chi connectivity index (χ1) is 10.6. The Balaban J connectivity index is 1.48. The molecule has 3 saturated heterocycles. The van der Waals surface area contributed by atoms with Crippen LogP contribution in [0.25, 0.3) is 0 Å². The molecule has 3 aliphatic heterocycles. The van der Waals surface area contributed by atoms with Crippen molar-refractivity contribution in [3.8, 4) is 0 Å². The summed E-state index contributed by atoms with van der Waals surface area (Å²) in [4.78, 5) is 23.0. The van der Waals surface area contributed by atoms with E-state index < -0.39 is 0 Å². The lowest BCUT2D eigenvalue weighted by atomic mass is 9.83. The van der Waals surface area contributed by atoms with Gasteiger partial charge in [0, 0.05) is 57.3 Å². The fraction of sp³-hybridized carbons (Fsp3) is 0.733. The van der Waals surface area contributed by atoms with Crippen LogP contribution in [0, 0.1) is 0 Å². The number of fused-ring (bicyclic) bond motifs is 2. The van der Waals surface area contributed by atoms with Crippen molar-refractivity contribution in [1.82, 2.24) is 19.7 Å². The molecule has 1 aromatic heterocycles. The number of aliphatic hydroxyl groups excluding tert-OH is 1. The lowest BCUT2D eigenvalue weighted by Crippen LogP contribution is -2.78. The Hall–Kier alpha value is -1.02. The van der Waals surface area contributed by atoms with Crippen LogP contribution in [0.2, 0.25) is 0 Å². The van der Waals surface area contributed by atoms with Crippen LogP contribution < -0.4 is 0 Å². The number of aromatic nitrogens is 1. The standard InChI is InChI=1S/C15H22N4O2S/c1-11(20)18-5-12-4-13(21)6-19(12)15(10-18)8-17(9-15)7-14-16-2-3-22-14/h2-3,12-13,21H,4-10H2,1H3/t12-,13-/m1/s1. The summed E-state index contributed by atoms with van der Waals surface area (Å²) in [6.45, 7) is 6.77. The number of aliphatic hydroxyl groups is 1. The zero-order chi connectivity index (χ0) is 15.3. The van der Waals surface area contributed by atoms with Gasteiger partial charge in [-0.1, -0.05) is 0 Å². The molecule has 0 unspecified atom stereocenters. The van der Waals surface area contributed by atoms with E-state index in [1.54, 1.807) is 18.3 Å². The van der Waals surface area contributed by atoms with Crippen LogP contribution in [-0.2, 0) is 11.3 Å². The number of likely N-dealkylation sites (tertiary alicyclic amines) is 1. The van der Waals surface area contributed by atoms with E-state index in [9.17, 15) is 9.90 Å². The van der Waals surface area contributed by atoms with E-state index in [1.807, 2.05) is 16.5 Å². The smallest absolute Gasteiger partial charge is 0.219 e. The van der Waals surface area contributed by atoms with E-state index in [0.29, 0.717) is 6.04 Å². The second-order valence-electron chi connectivity index (χ2n) is 6.89. The summed E-state index contributed by atoms with van der Waals surface area (Å²) in [6, 6.07) is 0.315. The fourth-order valence-corrected chi connectivity index (χ4v) is 5.01. The minimum Gasteiger partial charge on any atom is -0.392 e. The van der Waals surface area contributed by atoms with Gasteiger partial charge in [0.1, 0.15) is 5.01 Å². The first kappa shape index (κ1) is 14.6. The Morgan fingerprint density at radius 1 is 1.45 bits per heavy atom. The minimum atomic E-state index is -0.248. The Morgan fingerprint density at radius 2 is 2.27 bits per heavy atom. The highest BCUT2D eigenvalue weighted by Crippen LogP contribution is 2.39. The number of piperazine rings is 1. The first-order valence-electron chi connectivity index (χ1n) is 7.87. The third-order valence-corrected chi connectivity index (χ3v) is 6.01. The van der Waals surface area contributed by atoms with Gasteiger partial charge < -0.3 is 10.0 Å². The molecule has 1 amide bonds. The quantitative estimate of drug-likeness (QED) is 0.830. The van der Waals surface area contributed by atoms with Crippen LogP contribution in [0.15, 0.2) is 11.6 Å². The number of hydrogen-bond acceptors (Lipinski definition) is 6. The van der Waals surface area contributed by atoms with Crippen molar-refractivity contribution in [2.24, 2.45) is 0 Å². The maximum absolute atomic E-state index is 11.9. The van der Waals surface area contributed by atoms with E-state index in [1.165, 1.54) is 0 Å². The predicted molar refractivity (Wildman–Crippen MR) is 83.5 cm³/mol. The summed E-state index contributed by atoms with van der Waals surface area (Å²) in [5, 5.41) is 13.2. The van der Waals surface area contributed by atoms with Gasteiger partial charge in [-0.05, 0) is 6.42 Å². The summed E-state index contributed by atoms with van der Waals surface area (Å²) in [6.07, 6.45) is 2.39. The van der Waals surface area contributed by atoms with Crippen molar-refractivity contribution < 1.29 is 9.90 Å². The van der Waals surface area contributed by atoms with Crippen LogP contribution in [-0.4, -0.2) is 81.1 Å². The number of nitrogens with zero attached hydrogens (tertiary/aromatic N) is 4. The summed E-state index contributed by atoms with van der Waals surface area (Å²) < 4.78 is 0. The Bertz CT molecular complexity index is 558. The van der Waals surface area contributed by atoms with Crippen molar-refractivity contribution in [2.45, 2.75) is 37.6 Å². The number of hydrogen-bond donors (Lipinski definition) is 1. The molecule has 0 radical (unpaired) electrons. The SMILES string of the molecule is CC(=O)N1C[C@H]2C[C@@H](O)CN2C2(CN(Cc3nccs3)C2)C1. The maximum atomic E-state index is 11.9. The zero-order valence-corrected chi connectivity index (χ0v) is 13.6. The van der Waals surface area contributed by atoms with Crippen LogP contribution >= 0.6 is 11.3 Å². The monoisotopic (exact) mass is 322 g/mol. The van der Waals surface area contributed by atoms with Crippen molar-refractivity contribution in [1.29, 1.82) is 0 Å². The molecule has 1 spiro atoms. The first-order valence-corrected chi connectivity index (χ1v) is 8.75. The number of rotatable bonds is 2. The predicted octanol–water partition coefficient (Wildman–Crippen LogP) is -0.00520. The van der Waals surface area contributed by atoms with Crippen LogP contribution in [0.4, 0.5) is 0 Å². The molecule has 7 heteroatoms. The van der Waals surface area contributed by atoms with Gasteiger partial charge in [0.05, 0.1) is 18.2 Å². The highest BCUT2D eigenvalue weighted by Gasteiger charge is 2.56. The number of carbonyl (C=O) groups excluding carboxylic acids is 1. The molecular weight excluding hydrogens is 300 g/mol. The van der Waals surface area contributed by atoms with Crippen molar-refractivity contribution in [3.05, 3.63) is 16.6 Å². The van der Waals surface area contributed by atoms with Gasteiger partial charge in [0.2, 0.25) is 5.91 Å². The largest absolute Gasteiger partial charge is 0.392 e. The molecule has 0 saturated carbocycles. The van der Waals surface area contributed by atoms with Crippen molar-refractivity contribution >= 4 is 17.2 Å². The molecule has 22 heavy (non-hydrogen) atoms. The molecule has 3 fully saturated rings. The molecular formula is C15H22N4O2S. The summed E-state index contributed by atoms with van der Waals surface area (Å²) >= 11 is 1.69. The van der Waals surface area contributed by atoms with Gasteiger partial charge in [-0.15, -0.1) is 11.3 Å². The molecule has 4 heterocycles. The number of carbonyl (C=O) groups is 1. The van der Waals surface area contributed by atoms with Gasteiger partial charge in [0.15, 0.2) is 0 Å². The van der Waals surface area contributed by atoms with Crippen LogP contribution in [0.3, 0.4) is 0 Å². The van der Waals surface area contributed by atoms with E-state index in [2.05, 4.69) is 14.8 Å². The van der Waals surface area contributed by atoms with Gasteiger partial charge >= 0.3 is 0 Å². The Morgan fingerprint density at radius 3 is 2.95 bits per heavy atom.